The fourth-order valence-electron chi connectivity index (χ4n) is 3.79. The molecule has 0 saturated carbocycles. The average molecular weight is 474 g/mol. The minimum absolute atomic E-state index is 0.0750. The average Bonchev–Trinajstić information content (AvgIpc) is 3.47. The van der Waals surface area contributed by atoms with Crippen molar-refractivity contribution in [3.05, 3.63) is 36.4 Å². The molecule has 0 amide bonds. The molecule has 5 rings (SSSR count). The lowest BCUT2D eigenvalue weighted by atomic mass is 10.1. The van der Waals surface area contributed by atoms with Crippen LogP contribution in [0.2, 0.25) is 0 Å². The van der Waals surface area contributed by atoms with Crippen LogP contribution < -0.4 is 9.64 Å². The number of anilines is 1. The highest BCUT2D eigenvalue weighted by atomic mass is 19.4. The highest BCUT2D eigenvalue weighted by molar-refractivity contribution is 5.84. The van der Waals surface area contributed by atoms with E-state index in [4.69, 9.17) is 14.5 Å². The standard InChI is InChI=1S/C21H21F3N8O2/c1-3-30-12-26-16-17(30)27-20(28-18(16)31-6-8-34-9-7-31)32-11-14(19(29-32)33-2)15-10-13(4-5-25-15)21(22,23)24/h4-5,10-12H,3,6-9H2,1-2H3. The second-order valence-corrected chi connectivity index (χ2v) is 7.57. The van der Waals surface area contributed by atoms with E-state index in [2.05, 4.69) is 25.0 Å². The van der Waals surface area contributed by atoms with Crippen molar-refractivity contribution in [2.24, 2.45) is 0 Å². The number of fused-ring (bicyclic) bond motifs is 1. The molecule has 1 fully saturated rings. The molecule has 0 radical (unpaired) electrons. The lowest BCUT2D eigenvalue weighted by molar-refractivity contribution is -0.137. The van der Waals surface area contributed by atoms with E-state index in [0.717, 1.165) is 18.3 Å². The van der Waals surface area contributed by atoms with Gasteiger partial charge in [-0.15, -0.1) is 5.10 Å². The van der Waals surface area contributed by atoms with Gasteiger partial charge in [0.15, 0.2) is 17.0 Å². The van der Waals surface area contributed by atoms with Gasteiger partial charge in [-0.05, 0) is 19.1 Å². The van der Waals surface area contributed by atoms with E-state index >= 15 is 0 Å². The first kappa shape index (κ1) is 22.1. The van der Waals surface area contributed by atoms with E-state index in [9.17, 15) is 13.2 Å². The molecule has 0 bridgehead atoms. The Morgan fingerprint density at radius 2 is 1.94 bits per heavy atom. The van der Waals surface area contributed by atoms with E-state index in [1.54, 1.807) is 6.33 Å². The minimum atomic E-state index is -4.50. The van der Waals surface area contributed by atoms with Gasteiger partial charge in [-0.25, -0.2) is 9.67 Å². The van der Waals surface area contributed by atoms with Crippen LogP contribution in [0.15, 0.2) is 30.9 Å². The monoisotopic (exact) mass is 474 g/mol. The molecule has 0 spiro atoms. The first-order chi connectivity index (χ1) is 16.4. The summed E-state index contributed by atoms with van der Waals surface area (Å²) in [4.78, 5) is 20.0. The van der Waals surface area contributed by atoms with Crippen molar-refractivity contribution < 1.29 is 22.6 Å². The summed E-state index contributed by atoms with van der Waals surface area (Å²) in [6.45, 7) is 5.05. The number of pyridine rings is 1. The summed E-state index contributed by atoms with van der Waals surface area (Å²) in [5.41, 5.74) is 0.834. The molecule has 0 unspecified atom stereocenters. The summed E-state index contributed by atoms with van der Waals surface area (Å²) >= 11 is 0. The molecule has 178 valence electrons. The van der Waals surface area contributed by atoms with Crippen LogP contribution in [0, 0.1) is 0 Å². The number of hydrogen-bond acceptors (Lipinski definition) is 8. The lowest BCUT2D eigenvalue weighted by Crippen LogP contribution is -2.37. The zero-order valence-corrected chi connectivity index (χ0v) is 18.5. The fraction of sp³-hybridized carbons (Fsp3) is 0.381. The maximum Gasteiger partial charge on any atom is 0.416 e. The molecule has 1 aliphatic heterocycles. The van der Waals surface area contributed by atoms with Crippen molar-refractivity contribution in [1.29, 1.82) is 0 Å². The number of nitrogens with zero attached hydrogens (tertiary/aromatic N) is 8. The molecule has 0 atom stereocenters. The van der Waals surface area contributed by atoms with Crippen LogP contribution in [0.25, 0.3) is 28.4 Å². The number of imidazole rings is 1. The molecule has 0 N–H and O–H groups in total. The third kappa shape index (κ3) is 3.91. The molecule has 13 heteroatoms. The smallest absolute Gasteiger partial charge is 0.416 e. The van der Waals surface area contributed by atoms with Crippen molar-refractivity contribution in [2.45, 2.75) is 19.6 Å². The summed E-state index contributed by atoms with van der Waals surface area (Å²) in [5, 5.41) is 4.38. The van der Waals surface area contributed by atoms with E-state index < -0.39 is 11.7 Å². The van der Waals surface area contributed by atoms with Gasteiger partial charge < -0.3 is 18.9 Å². The number of halogens is 3. The summed E-state index contributed by atoms with van der Waals surface area (Å²) in [7, 11) is 1.39. The third-order valence-corrected chi connectivity index (χ3v) is 5.53. The Labute approximate surface area is 192 Å². The minimum Gasteiger partial charge on any atom is -0.479 e. The van der Waals surface area contributed by atoms with Crippen LogP contribution in [0.1, 0.15) is 12.5 Å². The van der Waals surface area contributed by atoms with Crippen LogP contribution >= 0.6 is 0 Å². The first-order valence-corrected chi connectivity index (χ1v) is 10.6. The van der Waals surface area contributed by atoms with Crippen molar-refractivity contribution >= 4 is 17.0 Å². The van der Waals surface area contributed by atoms with E-state index in [-0.39, 0.29) is 23.1 Å². The van der Waals surface area contributed by atoms with Crippen LogP contribution in [0.5, 0.6) is 5.88 Å². The van der Waals surface area contributed by atoms with Gasteiger partial charge >= 0.3 is 6.18 Å². The Morgan fingerprint density at radius 1 is 1.15 bits per heavy atom. The highest BCUT2D eigenvalue weighted by Gasteiger charge is 2.31. The van der Waals surface area contributed by atoms with Gasteiger partial charge in [-0.2, -0.15) is 23.1 Å². The van der Waals surface area contributed by atoms with Crippen molar-refractivity contribution in [2.75, 3.05) is 38.3 Å². The largest absolute Gasteiger partial charge is 0.479 e. The zero-order valence-electron chi connectivity index (χ0n) is 18.5. The van der Waals surface area contributed by atoms with E-state index in [1.165, 1.54) is 18.0 Å². The zero-order chi connectivity index (χ0) is 23.9. The highest BCUT2D eigenvalue weighted by Crippen LogP contribution is 2.34. The lowest BCUT2D eigenvalue weighted by Gasteiger charge is -2.28. The normalized spacial score (nSPS) is 14.7. The van der Waals surface area contributed by atoms with Crippen molar-refractivity contribution in [3.63, 3.8) is 0 Å². The molecule has 1 aliphatic rings. The van der Waals surface area contributed by atoms with Gasteiger partial charge in [0.2, 0.25) is 5.88 Å². The van der Waals surface area contributed by atoms with Gasteiger partial charge in [-0.3, -0.25) is 4.98 Å². The van der Waals surface area contributed by atoms with Crippen LogP contribution in [-0.2, 0) is 17.5 Å². The van der Waals surface area contributed by atoms with Crippen LogP contribution in [0.3, 0.4) is 0 Å². The summed E-state index contributed by atoms with van der Waals surface area (Å²) < 4.78 is 53.7. The van der Waals surface area contributed by atoms with E-state index in [0.29, 0.717) is 49.8 Å². The second-order valence-electron chi connectivity index (χ2n) is 7.57. The van der Waals surface area contributed by atoms with Gasteiger partial charge in [-0.1, -0.05) is 0 Å². The SMILES string of the molecule is CCn1cnc2c(N3CCOCC3)nc(-n3cc(-c4cc(C(F)(F)F)ccn4)c(OC)n3)nc21. The predicted molar refractivity (Wildman–Crippen MR) is 116 cm³/mol. The number of hydrogen-bond donors (Lipinski definition) is 0. The maximum atomic E-state index is 13.2. The number of ether oxygens (including phenoxy) is 2. The van der Waals surface area contributed by atoms with E-state index in [1.807, 2.05) is 11.5 Å². The Morgan fingerprint density at radius 3 is 2.65 bits per heavy atom. The first-order valence-electron chi connectivity index (χ1n) is 10.6. The molecule has 34 heavy (non-hydrogen) atoms. The summed E-state index contributed by atoms with van der Waals surface area (Å²) in [6, 6.07) is 1.87. The molecular formula is C21H21F3N8O2. The molecule has 10 nitrogen and oxygen atoms in total. The molecule has 0 aromatic carbocycles. The van der Waals surface area contributed by atoms with Crippen molar-refractivity contribution in [3.8, 4) is 23.1 Å². The second kappa shape index (κ2) is 8.56. The van der Waals surface area contributed by atoms with Crippen LogP contribution in [-0.4, -0.2) is 67.7 Å². The summed E-state index contributed by atoms with van der Waals surface area (Å²) in [5.74, 6) is 0.983. The van der Waals surface area contributed by atoms with Gasteiger partial charge in [0.25, 0.3) is 5.95 Å². The fourth-order valence-corrected chi connectivity index (χ4v) is 3.79. The topological polar surface area (TPSA) is 96.0 Å². The number of alkyl halides is 3. The van der Waals surface area contributed by atoms with Crippen molar-refractivity contribution in [1.82, 2.24) is 34.3 Å². The third-order valence-electron chi connectivity index (χ3n) is 5.53. The molecule has 0 aliphatic carbocycles. The molecule has 5 heterocycles. The molecular weight excluding hydrogens is 453 g/mol. The number of aryl methyl sites for hydroxylation is 1. The number of rotatable bonds is 5. The molecule has 4 aromatic rings. The Kier molecular flexibility index (Phi) is 5.55. The number of aromatic nitrogens is 7. The molecule has 1 saturated heterocycles. The van der Waals surface area contributed by atoms with Gasteiger partial charge in [0.05, 0.1) is 43.5 Å². The quantitative estimate of drug-likeness (QED) is 0.436. The van der Waals surface area contributed by atoms with Gasteiger partial charge in [0, 0.05) is 32.0 Å². The van der Waals surface area contributed by atoms with Gasteiger partial charge in [0.1, 0.15) is 0 Å². The Bertz CT molecular complexity index is 1330. The molecule has 4 aromatic heterocycles. The Hall–Kier alpha value is -3.74. The predicted octanol–water partition coefficient (Wildman–Crippen LogP) is 2.96. The Balaban J connectivity index is 1.64. The summed E-state index contributed by atoms with van der Waals surface area (Å²) in [6.07, 6.45) is -0.179. The van der Waals surface area contributed by atoms with Crippen LogP contribution in [0.4, 0.5) is 19.0 Å². The number of morpholine rings is 1. The maximum absolute atomic E-state index is 13.2. The number of methoxy groups -OCH3 is 1.